The second-order valence-electron chi connectivity index (χ2n) is 6.68. The van der Waals surface area contributed by atoms with Crippen molar-refractivity contribution in [1.29, 1.82) is 0 Å². The maximum Gasteiger partial charge on any atom is 0.243 e. The lowest BCUT2D eigenvalue weighted by Crippen LogP contribution is -2.43. The molecule has 27 heavy (non-hydrogen) atoms. The summed E-state index contributed by atoms with van der Waals surface area (Å²) in [6.45, 7) is 1.84. The Balaban J connectivity index is 1.43. The highest BCUT2D eigenvalue weighted by Crippen LogP contribution is 2.33. The van der Waals surface area contributed by atoms with Crippen molar-refractivity contribution >= 4 is 45.0 Å². The first-order valence-electron chi connectivity index (χ1n) is 9.05. The first-order valence-corrected chi connectivity index (χ1v) is 10.2. The van der Waals surface area contributed by atoms with Gasteiger partial charge in [-0.15, -0.1) is 10.2 Å². The zero-order valence-electron chi connectivity index (χ0n) is 14.7. The number of benzene rings is 1. The van der Waals surface area contributed by atoms with Gasteiger partial charge in [0.05, 0.1) is 0 Å². The van der Waals surface area contributed by atoms with E-state index in [0.29, 0.717) is 34.8 Å². The Labute approximate surface area is 166 Å². The van der Waals surface area contributed by atoms with Gasteiger partial charge in [0, 0.05) is 31.1 Å². The lowest BCUT2D eigenvalue weighted by molar-refractivity contribution is -0.122. The lowest BCUT2D eigenvalue weighted by atomic mass is 10.2. The van der Waals surface area contributed by atoms with Crippen LogP contribution < -0.4 is 15.1 Å². The highest BCUT2D eigenvalue weighted by atomic mass is 35.5. The molecule has 2 amide bonds. The zero-order chi connectivity index (χ0) is 18.8. The summed E-state index contributed by atoms with van der Waals surface area (Å²) >= 11 is 7.54. The molecule has 2 saturated heterocycles. The van der Waals surface area contributed by atoms with E-state index in [9.17, 15) is 9.59 Å². The van der Waals surface area contributed by atoms with Crippen molar-refractivity contribution < 1.29 is 9.59 Å². The number of aromatic nitrogens is 2. The zero-order valence-corrected chi connectivity index (χ0v) is 16.3. The molecule has 2 aliphatic rings. The molecule has 2 fully saturated rings. The van der Waals surface area contributed by atoms with Crippen LogP contribution in [0.2, 0.25) is 5.02 Å². The average Bonchev–Trinajstić information content (AvgIpc) is 3.40. The molecular weight excluding hydrogens is 386 g/mol. The molecule has 4 rings (SSSR count). The van der Waals surface area contributed by atoms with Crippen LogP contribution in [0.5, 0.6) is 0 Å². The monoisotopic (exact) mass is 405 g/mol. The Kier molecular flexibility index (Phi) is 5.27. The van der Waals surface area contributed by atoms with Gasteiger partial charge in [0.25, 0.3) is 0 Å². The van der Waals surface area contributed by atoms with Crippen LogP contribution in [-0.2, 0) is 16.1 Å². The molecule has 2 aliphatic heterocycles. The first kappa shape index (κ1) is 18.2. The molecule has 0 unspecified atom stereocenters. The SMILES string of the molecule is O=C(NCc1ccccc1Cl)[C@H]1CCCN1c1nnc(N2CCCC2=O)s1. The van der Waals surface area contributed by atoms with E-state index >= 15 is 0 Å². The Morgan fingerprint density at radius 3 is 2.81 bits per heavy atom. The van der Waals surface area contributed by atoms with Crippen LogP contribution in [0.4, 0.5) is 10.3 Å². The van der Waals surface area contributed by atoms with E-state index in [-0.39, 0.29) is 17.9 Å². The smallest absolute Gasteiger partial charge is 0.243 e. The van der Waals surface area contributed by atoms with E-state index in [0.717, 1.165) is 31.4 Å². The second kappa shape index (κ2) is 7.82. The van der Waals surface area contributed by atoms with Gasteiger partial charge in [-0.05, 0) is 30.9 Å². The molecule has 1 aromatic carbocycles. The van der Waals surface area contributed by atoms with Crippen LogP contribution in [0.1, 0.15) is 31.2 Å². The van der Waals surface area contributed by atoms with Crippen LogP contribution >= 0.6 is 22.9 Å². The summed E-state index contributed by atoms with van der Waals surface area (Å²) in [5.41, 5.74) is 0.891. The van der Waals surface area contributed by atoms with Gasteiger partial charge in [-0.1, -0.05) is 41.1 Å². The fourth-order valence-electron chi connectivity index (χ4n) is 3.49. The summed E-state index contributed by atoms with van der Waals surface area (Å²) in [4.78, 5) is 28.3. The Bertz CT molecular complexity index is 858. The number of carbonyl (C=O) groups is 2. The van der Waals surface area contributed by atoms with Crippen molar-refractivity contribution in [3.05, 3.63) is 34.9 Å². The minimum absolute atomic E-state index is 0.0404. The average molecular weight is 406 g/mol. The van der Waals surface area contributed by atoms with E-state index in [1.165, 1.54) is 11.3 Å². The topological polar surface area (TPSA) is 78.4 Å². The standard InChI is InChI=1S/C18H20ClN5O2S/c19-13-6-2-1-5-12(13)11-20-16(26)14-7-3-9-23(14)17-21-22-18(27-17)24-10-4-8-15(24)25/h1-2,5-6,14H,3-4,7-11H2,(H,20,26)/t14-/m1/s1. The molecule has 142 valence electrons. The highest BCUT2D eigenvalue weighted by molar-refractivity contribution is 7.19. The van der Waals surface area contributed by atoms with Gasteiger partial charge < -0.3 is 10.2 Å². The maximum atomic E-state index is 12.7. The summed E-state index contributed by atoms with van der Waals surface area (Å²) in [7, 11) is 0. The van der Waals surface area contributed by atoms with E-state index in [2.05, 4.69) is 15.5 Å². The molecule has 7 nitrogen and oxygen atoms in total. The number of anilines is 2. The molecule has 2 aromatic rings. The van der Waals surface area contributed by atoms with Crippen molar-refractivity contribution in [3.8, 4) is 0 Å². The number of nitrogens with zero attached hydrogens (tertiary/aromatic N) is 4. The van der Waals surface area contributed by atoms with Gasteiger partial charge in [-0.3, -0.25) is 14.5 Å². The van der Waals surface area contributed by atoms with Gasteiger partial charge >= 0.3 is 0 Å². The summed E-state index contributed by atoms with van der Waals surface area (Å²) in [6.07, 6.45) is 3.10. The van der Waals surface area contributed by atoms with Crippen LogP contribution in [-0.4, -0.2) is 41.1 Å². The minimum atomic E-state index is -0.275. The molecule has 0 spiro atoms. The number of rotatable bonds is 5. The van der Waals surface area contributed by atoms with Crippen molar-refractivity contribution in [2.45, 2.75) is 38.3 Å². The molecule has 1 aromatic heterocycles. The summed E-state index contributed by atoms with van der Waals surface area (Å²) in [5.74, 6) is 0.0505. The van der Waals surface area contributed by atoms with Gasteiger partial charge in [0.1, 0.15) is 6.04 Å². The van der Waals surface area contributed by atoms with Crippen molar-refractivity contribution in [2.75, 3.05) is 22.9 Å². The Hall–Kier alpha value is -2.19. The molecular formula is C18H20ClN5O2S. The fourth-order valence-corrected chi connectivity index (χ4v) is 4.66. The van der Waals surface area contributed by atoms with E-state index < -0.39 is 0 Å². The van der Waals surface area contributed by atoms with Crippen LogP contribution in [0.25, 0.3) is 0 Å². The Morgan fingerprint density at radius 1 is 1.22 bits per heavy atom. The second-order valence-corrected chi connectivity index (χ2v) is 8.02. The lowest BCUT2D eigenvalue weighted by Gasteiger charge is -2.22. The number of amides is 2. The molecule has 3 heterocycles. The van der Waals surface area contributed by atoms with Crippen molar-refractivity contribution in [1.82, 2.24) is 15.5 Å². The molecule has 0 radical (unpaired) electrons. The number of carbonyl (C=O) groups excluding carboxylic acids is 2. The van der Waals surface area contributed by atoms with Crippen LogP contribution in [0, 0.1) is 0 Å². The molecule has 1 atom stereocenters. The van der Waals surface area contributed by atoms with Gasteiger partial charge in [-0.25, -0.2) is 0 Å². The highest BCUT2D eigenvalue weighted by Gasteiger charge is 2.34. The van der Waals surface area contributed by atoms with Gasteiger partial charge in [0.15, 0.2) is 0 Å². The Morgan fingerprint density at radius 2 is 2.04 bits per heavy atom. The first-order chi connectivity index (χ1) is 13.1. The predicted molar refractivity (Wildman–Crippen MR) is 105 cm³/mol. The number of hydrogen-bond donors (Lipinski definition) is 1. The molecule has 9 heteroatoms. The maximum absolute atomic E-state index is 12.7. The normalized spacial score (nSPS) is 19.7. The van der Waals surface area contributed by atoms with Gasteiger partial charge in [0.2, 0.25) is 22.1 Å². The third kappa shape index (κ3) is 3.77. The fraction of sp³-hybridized carbons (Fsp3) is 0.444. The third-order valence-electron chi connectivity index (χ3n) is 4.92. The minimum Gasteiger partial charge on any atom is -0.350 e. The summed E-state index contributed by atoms with van der Waals surface area (Å²) < 4.78 is 0. The summed E-state index contributed by atoms with van der Waals surface area (Å²) in [6, 6.07) is 7.21. The number of halogens is 1. The van der Waals surface area contributed by atoms with Crippen LogP contribution in [0.15, 0.2) is 24.3 Å². The van der Waals surface area contributed by atoms with Crippen LogP contribution in [0.3, 0.4) is 0 Å². The summed E-state index contributed by atoms with van der Waals surface area (Å²) in [5, 5.41) is 13.4. The number of nitrogens with one attached hydrogen (secondary N) is 1. The molecule has 1 N–H and O–H groups in total. The largest absolute Gasteiger partial charge is 0.350 e. The van der Waals surface area contributed by atoms with E-state index in [1.54, 1.807) is 4.90 Å². The molecule has 0 aliphatic carbocycles. The number of hydrogen-bond acceptors (Lipinski definition) is 6. The van der Waals surface area contributed by atoms with E-state index in [1.807, 2.05) is 29.2 Å². The van der Waals surface area contributed by atoms with Gasteiger partial charge in [-0.2, -0.15) is 0 Å². The van der Waals surface area contributed by atoms with Crippen molar-refractivity contribution in [3.63, 3.8) is 0 Å². The molecule has 0 bridgehead atoms. The quantitative estimate of drug-likeness (QED) is 0.827. The van der Waals surface area contributed by atoms with E-state index in [4.69, 9.17) is 11.6 Å². The third-order valence-corrected chi connectivity index (χ3v) is 6.27. The van der Waals surface area contributed by atoms with Crippen molar-refractivity contribution in [2.24, 2.45) is 0 Å². The molecule has 0 saturated carbocycles. The predicted octanol–water partition coefficient (Wildman–Crippen LogP) is 2.60.